The summed E-state index contributed by atoms with van der Waals surface area (Å²) in [6.07, 6.45) is 0.367. The Hall–Kier alpha value is -1.12. The van der Waals surface area contributed by atoms with E-state index in [-0.39, 0.29) is 11.7 Å². The van der Waals surface area contributed by atoms with E-state index in [9.17, 15) is 9.59 Å². The first-order valence-electron chi connectivity index (χ1n) is 3.57. The van der Waals surface area contributed by atoms with E-state index in [1.54, 1.807) is 0 Å². The zero-order valence-electron chi connectivity index (χ0n) is 6.59. The third-order valence-corrected chi connectivity index (χ3v) is 1.60. The SMILES string of the molecule is C=C(C)CN1CCC(=O)C1=O. The summed E-state index contributed by atoms with van der Waals surface area (Å²) in [5.74, 6) is -0.626. The van der Waals surface area contributed by atoms with Crippen molar-refractivity contribution in [1.82, 2.24) is 4.90 Å². The zero-order chi connectivity index (χ0) is 8.43. The molecule has 60 valence electrons. The molecule has 1 rings (SSSR count). The van der Waals surface area contributed by atoms with Crippen molar-refractivity contribution >= 4 is 11.7 Å². The molecule has 1 heterocycles. The predicted molar refractivity (Wildman–Crippen MR) is 41.0 cm³/mol. The van der Waals surface area contributed by atoms with Gasteiger partial charge in [-0.25, -0.2) is 0 Å². The van der Waals surface area contributed by atoms with Crippen LogP contribution in [-0.4, -0.2) is 29.7 Å². The van der Waals surface area contributed by atoms with Gasteiger partial charge in [0.05, 0.1) is 0 Å². The normalized spacial score (nSPS) is 17.7. The Morgan fingerprint density at radius 2 is 2.27 bits per heavy atom. The molecule has 1 saturated heterocycles. The molecule has 0 aromatic heterocycles. The van der Waals surface area contributed by atoms with Crippen LogP contribution in [0.15, 0.2) is 12.2 Å². The lowest BCUT2D eigenvalue weighted by Gasteiger charge is -2.13. The van der Waals surface area contributed by atoms with E-state index >= 15 is 0 Å². The number of ketones is 1. The van der Waals surface area contributed by atoms with Crippen LogP contribution in [0.2, 0.25) is 0 Å². The largest absolute Gasteiger partial charge is 0.332 e. The molecular weight excluding hydrogens is 142 g/mol. The van der Waals surface area contributed by atoms with E-state index in [1.807, 2.05) is 6.92 Å². The first-order chi connectivity index (χ1) is 5.11. The lowest BCUT2D eigenvalue weighted by molar-refractivity contribution is -0.139. The minimum absolute atomic E-state index is 0.272. The first-order valence-corrected chi connectivity index (χ1v) is 3.57. The molecule has 0 spiro atoms. The summed E-state index contributed by atoms with van der Waals surface area (Å²) in [5.41, 5.74) is 0.910. The van der Waals surface area contributed by atoms with Crippen LogP contribution in [0.3, 0.4) is 0 Å². The van der Waals surface area contributed by atoms with Gasteiger partial charge in [0.25, 0.3) is 5.91 Å². The topological polar surface area (TPSA) is 37.4 Å². The highest BCUT2D eigenvalue weighted by Gasteiger charge is 2.28. The second-order valence-electron chi connectivity index (χ2n) is 2.86. The molecule has 1 fully saturated rings. The van der Waals surface area contributed by atoms with Crippen molar-refractivity contribution in [2.45, 2.75) is 13.3 Å². The number of carbonyl (C=O) groups excluding carboxylic acids is 2. The van der Waals surface area contributed by atoms with Crippen LogP contribution in [0.1, 0.15) is 13.3 Å². The number of Topliss-reactive ketones (excluding diaryl/α,β-unsaturated/α-hetero) is 1. The van der Waals surface area contributed by atoms with E-state index < -0.39 is 0 Å². The van der Waals surface area contributed by atoms with Crippen LogP contribution in [-0.2, 0) is 9.59 Å². The van der Waals surface area contributed by atoms with Crippen molar-refractivity contribution in [3.63, 3.8) is 0 Å². The molecule has 0 unspecified atom stereocenters. The maximum Gasteiger partial charge on any atom is 0.290 e. The quantitative estimate of drug-likeness (QED) is 0.424. The molecule has 3 nitrogen and oxygen atoms in total. The zero-order valence-corrected chi connectivity index (χ0v) is 6.59. The average molecular weight is 153 g/mol. The van der Waals surface area contributed by atoms with Crippen molar-refractivity contribution in [3.8, 4) is 0 Å². The third kappa shape index (κ3) is 1.67. The van der Waals surface area contributed by atoms with Gasteiger partial charge in [-0.2, -0.15) is 0 Å². The van der Waals surface area contributed by atoms with Gasteiger partial charge in [0.15, 0.2) is 0 Å². The monoisotopic (exact) mass is 153 g/mol. The van der Waals surface area contributed by atoms with Gasteiger partial charge in [-0.3, -0.25) is 9.59 Å². The first kappa shape index (κ1) is 7.98. The molecule has 0 atom stereocenters. The van der Waals surface area contributed by atoms with Crippen molar-refractivity contribution in [2.75, 3.05) is 13.1 Å². The number of carbonyl (C=O) groups is 2. The summed E-state index contributed by atoms with van der Waals surface area (Å²) in [6, 6.07) is 0. The highest BCUT2D eigenvalue weighted by Crippen LogP contribution is 2.07. The Bertz CT molecular complexity index is 220. The predicted octanol–water partition coefficient (Wildman–Crippen LogP) is 0.364. The maximum absolute atomic E-state index is 11.0. The van der Waals surface area contributed by atoms with Gasteiger partial charge in [0.2, 0.25) is 5.78 Å². The van der Waals surface area contributed by atoms with Gasteiger partial charge in [-0.15, -0.1) is 0 Å². The highest BCUT2D eigenvalue weighted by molar-refractivity contribution is 6.37. The van der Waals surface area contributed by atoms with Crippen LogP contribution in [0, 0.1) is 0 Å². The molecule has 0 N–H and O–H groups in total. The van der Waals surface area contributed by atoms with Gasteiger partial charge in [-0.05, 0) is 6.92 Å². The summed E-state index contributed by atoms with van der Waals surface area (Å²) in [4.78, 5) is 23.3. The van der Waals surface area contributed by atoms with E-state index in [0.29, 0.717) is 19.5 Å². The van der Waals surface area contributed by atoms with Crippen molar-refractivity contribution < 1.29 is 9.59 Å². The van der Waals surface area contributed by atoms with Gasteiger partial charge in [0.1, 0.15) is 0 Å². The van der Waals surface area contributed by atoms with Crippen LogP contribution in [0.4, 0.5) is 0 Å². The molecule has 0 saturated carbocycles. The van der Waals surface area contributed by atoms with Crippen molar-refractivity contribution in [2.24, 2.45) is 0 Å². The molecule has 3 heteroatoms. The molecule has 1 amide bonds. The van der Waals surface area contributed by atoms with Crippen molar-refractivity contribution in [3.05, 3.63) is 12.2 Å². The Morgan fingerprint density at radius 3 is 2.64 bits per heavy atom. The molecule has 0 bridgehead atoms. The molecule has 0 aromatic carbocycles. The second kappa shape index (κ2) is 2.86. The number of hydrogen-bond donors (Lipinski definition) is 0. The third-order valence-electron chi connectivity index (χ3n) is 1.60. The summed E-state index contributed by atoms with van der Waals surface area (Å²) in [7, 11) is 0. The number of amides is 1. The fourth-order valence-electron chi connectivity index (χ4n) is 1.10. The number of rotatable bonds is 2. The lowest BCUT2D eigenvalue weighted by atomic mass is 10.3. The summed E-state index contributed by atoms with van der Waals surface area (Å²) < 4.78 is 0. The Balaban J connectivity index is 2.55. The molecular formula is C8H11NO2. The van der Waals surface area contributed by atoms with E-state index in [1.165, 1.54) is 4.90 Å². The number of likely N-dealkylation sites (tertiary alicyclic amines) is 1. The van der Waals surface area contributed by atoms with Gasteiger partial charge < -0.3 is 4.90 Å². The molecule has 1 aliphatic rings. The number of hydrogen-bond acceptors (Lipinski definition) is 2. The lowest BCUT2D eigenvalue weighted by Crippen LogP contribution is -2.28. The molecule has 1 aliphatic heterocycles. The van der Waals surface area contributed by atoms with Crippen molar-refractivity contribution in [1.29, 1.82) is 0 Å². The average Bonchev–Trinajstić information content (AvgIpc) is 2.18. The molecule has 0 radical (unpaired) electrons. The maximum atomic E-state index is 11.0. The molecule has 0 aromatic rings. The smallest absolute Gasteiger partial charge is 0.290 e. The van der Waals surface area contributed by atoms with Crippen LogP contribution >= 0.6 is 0 Å². The summed E-state index contributed by atoms with van der Waals surface area (Å²) in [5, 5.41) is 0. The van der Waals surface area contributed by atoms with E-state index in [2.05, 4.69) is 6.58 Å². The van der Waals surface area contributed by atoms with Crippen LogP contribution < -0.4 is 0 Å². The Morgan fingerprint density at radius 1 is 1.64 bits per heavy atom. The highest BCUT2D eigenvalue weighted by atomic mass is 16.2. The summed E-state index contributed by atoms with van der Waals surface area (Å²) >= 11 is 0. The Kier molecular flexibility index (Phi) is 2.08. The van der Waals surface area contributed by atoms with E-state index in [0.717, 1.165) is 5.57 Å². The fourth-order valence-corrected chi connectivity index (χ4v) is 1.10. The molecule has 0 aliphatic carbocycles. The van der Waals surface area contributed by atoms with Gasteiger partial charge in [-0.1, -0.05) is 12.2 Å². The number of nitrogens with zero attached hydrogens (tertiary/aromatic N) is 1. The standard InChI is InChI=1S/C8H11NO2/c1-6(2)5-9-4-3-7(10)8(9)11/h1,3-5H2,2H3. The minimum atomic E-state index is -0.354. The summed E-state index contributed by atoms with van der Waals surface area (Å²) in [6.45, 7) is 6.59. The second-order valence-corrected chi connectivity index (χ2v) is 2.86. The van der Waals surface area contributed by atoms with Gasteiger partial charge >= 0.3 is 0 Å². The molecule has 11 heavy (non-hydrogen) atoms. The minimum Gasteiger partial charge on any atom is -0.332 e. The fraction of sp³-hybridized carbons (Fsp3) is 0.500. The van der Waals surface area contributed by atoms with Crippen LogP contribution in [0.25, 0.3) is 0 Å². The Labute approximate surface area is 65.7 Å². The van der Waals surface area contributed by atoms with E-state index in [4.69, 9.17) is 0 Å². The van der Waals surface area contributed by atoms with Crippen LogP contribution in [0.5, 0.6) is 0 Å². The van der Waals surface area contributed by atoms with Gasteiger partial charge in [0, 0.05) is 19.5 Å².